The summed E-state index contributed by atoms with van der Waals surface area (Å²) in [4.78, 5) is 29.2. The number of furan rings is 1. The number of halogens is 1. The van der Waals surface area contributed by atoms with Crippen molar-refractivity contribution in [3.05, 3.63) is 83.6 Å². The van der Waals surface area contributed by atoms with Crippen LogP contribution in [0.4, 0.5) is 15.8 Å². The van der Waals surface area contributed by atoms with Gasteiger partial charge in [-0.15, -0.1) is 0 Å². The molecule has 0 aliphatic carbocycles. The molecule has 1 aromatic heterocycles. The van der Waals surface area contributed by atoms with Gasteiger partial charge in [0.1, 0.15) is 11.6 Å². The lowest BCUT2D eigenvalue weighted by atomic mass is 10.1. The van der Waals surface area contributed by atoms with Crippen molar-refractivity contribution < 1.29 is 18.4 Å². The molecule has 4 rings (SSSR count). The molecule has 2 amide bonds. The highest BCUT2D eigenvalue weighted by atomic mass is 19.1. The molecule has 0 radical (unpaired) electrons. The third-order valence-electron chi connectivity index (χ3n) is 5.61. The fraction of sp³-hybridized carbons (Fsp3) is 0.240. The molecule has 0 unspecified atom stereocenters. The molecule has 2 N–H and O–H groups in total. The van der Waals surface area contributed by atoms with Crippen LogP contribution in [0.2, 0.25) is 0 Å². The van der Waals surface area contributed by atoms with Crippen molar-refractivity contribution in [3.63, 3.8) is 0 Å². The van der Waals surface area contributed by atoms with Crippen LogP contribution in [0.1, 0.15) is 21.7 Å². The fourth-order valence-electron chi connectivity index (χ4n) is 3.84. The number of piperazine rings is 1. The predicted octanol–water partition coefficient (Wildman–Crippen LogP) is 2.98. The number of carbonyl (C=O) groups is 2. The summed E-state index contributed by atoms with van der Waals surface area (Å²) >= 11 is 0. The second kappa shape index (κ2) is 10.6. The Morgan fingerprint density at radius 2 is 1.85 bits per heavy atom. The SMILES string of the molecule is N#Cc1ccc(N2CCN(CC(=O)Nc3ccccc3C(=O)NCc3ccco3)CC2)c(F)c1. The highest BCUT2D eigenvalue weighted by molar-refractivity contribution is 6.04. The van der Waals surface area contributed by atoms with Crippen LogP contribution >= 0.6 is 0 Å². The largest absolute Gasteiger partial charge is 0.467 e. The number of nitrogens with one attached hydrogen (secondary N) is 2. The maximum Gasteiger partial charge on any atom is 0.253 e. The van der Waals surface area contributed by atoms with Crippen molar-refractivity contribution >= 4 is 23.2 Å². The van der Waals surface area contributed by atoms with Gasteiger partial charge in [0.25, 0.3) is 5.91 Å². The van der Waals surface area contributed by atoms with Crippen LogP contribution in [0.25, 0.3) is 0 Å². The fourth-order valence-corrected chi connectivity index (χ4v) is 3.84. The van der Waals surface area contributed by atoms with Gasteiger partial charge in [-0.05, 0) is 42.5 Å². The first-order valence-electron chi connectivity index (χ1n) is 10.9. The van der Waals surface area contributed by atoms with Gasteiger partial charge in [-0.25, -0.2) is 4.39 Å². The van der Waals surface area contributed by atoms with Gasteiger partial charge in [0.15, 0.2) is 0 Å². The first-order valence-corrected chi connectivity index (χ1v) is 10.9. The molecule has 1 aliphatic rings. The summed E-state index contributed by atoms with van der Waals surface area (Å²) in [6, 6.07) is 16.7. The minimum atomic E-state index is -0.424. The number of nitriles is 1. The van der Waals surface area contributed by atoms with E-state index in [2.05, 4.69) is 10.6 Å². The summed E-state index contributed by atoms with van der Waals surface area (Å²) in [5.41, 5.74) is 1.54. The molecule has 9 heteroatoms. The van der Waals surface area contributed by atoms with Crippen molar-refractivity contribution in [3.8, 4) is 6.07 Å². The van der Waals surface area contributed by atoms with Gasteiger partial charge < -0.3 is 20.0 Å². The average Bonchev–Trinajstić information content (AvgIpc) is 3.37. The third-order valence-corrected chi connectivity index (χ3v) is 5.61. The van der Waals surface area contributed by atoms with Crippen LogP contribution in [0.15, 0.2) is 65.3 Å². The molecule has 1 fully saturated rings. The van der Waals surface area contributed by atoms with Crippen LogP contribution in [0.5, 0.6) is 0 Å². The van der Waals surface area contributed by atoms with E-state index in [1.807, 2.05) is 15.9 Å². The Labute approximate surface area is 196 Å². The molecule has 1 saturated heterocycles. The Morgan fingerprint density at radius 1 is 1.06 bits per heavy atom. The Hall–Kier alpha value is -4.16. The molecule has 0 atom stereocenters. The molecule has 8 nitrogen and oxygen atoms in total. The van der Waals surface area contributed by atoms with E-state index >= 15 is 0 Å². The maximum absolute atomic E-state index is 14.3. The monoisotopic (exact) mass is 461 g/mol. The number of amides is 2. The molecule has 0 saturated carbocycles. The minimum Gasteiger partial charge on any atom is -0.467 e. The molecular weight excluding hydrogens is 437 g/mol. The maximum atomic E-state index is 14.3. The van der Waals surface area contributed by atoms with Crippen LogP contribution in [-0.2, 0) is 11.3 Å². The third kappa shape index (κ3) is 5.60. The van der Waals surface area contributed by atoms with E-state index in [4.69, 9.17) is 9.68 Å². The Bertz CT molecular complexity index is 1200. The van der Waals surface area contributed by atoms with E-state index in [0.29, 0.717) is 48.9 Å². The average molecular weight is 461 g/mol. The van der Waals surface area contributed by atoms with E-state index in [1.165, 1.54) is 12.3 Å². The Balaban J connectivity index is 1.30. The summed E-state index contributed by atoms with van der Waals surface area (Å²) in [6.07, 6.45) is 1.54. The summed E-state index contributed by atoms with van der Waals surface area (Å²) in [6.45, 7) is 2.68. The van der Waals surface area contributed by atoms with Crippen LogP contribution in [0, 0.1) is 17.1 Å². The van der Waals surface area contributed by atoms with Gasteiger partial charge in [-0.1, -0.05) is 12.1 Å². The number of hydrogen-bond donors (Lipinski definition) is 2. The number of benzene rings is 2. The number of anilines is 2. The zero-order valence-electron chi connectivity index (χ0n) is 18.5. The van der Waals surface area contributed by atoms with Gasteiger partial charge in [-0.3, -0.25) is 14.5 Å². The van der Waals surface area contributed by atoms with Gasteiger partial charge in [0.05, 0.1) is 47.9 Å². The Kier molecular flexibility index (Phi) is 7.20. The van der Waals surface area contributed by atoms with E-state index in [0.717, 1.165) is 0 Å². The van der Waals surface area contributed by atoms with Gasteiger partial charge in [0, 0.05) is 26.2 Å². The summed E-state index contributed by atoms with van der Waals surface area (Å²) in [7, 11) is 0. The smallest absolute Gasteiger partial charge is 0.253 e. The first-order chi connectivity index (χ1) is 16.5. The normalized spacial score (nSPS) is 13.8. The molecule has 34 heavy (non-hydrogen) atoms. The molecule has 3 aromatic rings. The van der Waals surface area contributed by atoms with Crippen LogP contribution < -0.4 is 15.5 Å². The Morgan fingerprint density at radius 3 is 2.56 bits per heavy atom. The van der Waals surface area contributed by atoms with Crippen molar-refractivity contribution in [2.24, 2.45) is 0 Å². The molecule has 174 valence electrons. The molecular formula is C25H24FN5O3. The number of hydrogen-bond acceptors (Lipinski definition) is 6. The number of para-hydroxylation sites is 1. The van der Waals surface area contributed by atoms with Gasteiger partial charge >= 0.3 is 0 Å². The van der Waals surface area contributed by atoms with Crippen molar-refractivity contribution in [2.45, 2.75) is 6.54 Å². The topological polar surface area (TPSA) is 102 Å². The summed E-state index contributed by atoms with van der Waals surface area (Å²) in [5, 5.41) is 14.5. The lowest BCUT2D eigenvalue weighted by Crippen LogP contribution is -2.49. The summed E-state index contributed by atoms with van der Waals surface area (Å²) < 4.78 is 19.5. The van der Waals surface area contributed by atoms with E-state index in [9.17, 15) is 14.0 Å². The summed E-state index contributed by atoms with van der Waals surface area (Å²) in [5.74, 6) is -0.336. The molecule has 0 spiro atoms. The van der Waals surface area contributed by atoms with Crippen LogP contribution in [-0.4, -0.2) is 49.4 Å². The molecule has 2 heterocycles. The zero-order chi connectivity index (χ0) is 23.9. The second-order valence-electron chi connectivity index (χ2n) is 7.90. The zero-order valence-corrected chi connectivity index (χ0v) is 18.5. The van der Waals surface area contributed by atoms with Crippen molar-refractivity contribution in [1.29, 1.82) is 5.26 Å². The standard InChI is InChI=1S/C25H24FN5O3/c26-21-14-18(15-27)7-8-23(21)31-11-9-30(10-12-31)17-24(32)29-22-6-2-1-5-20(22)25(33)28-16-19-4-3-13-34-19/h1-8,13-14H,9-12,16-17H2,(H,28,33)(H,29,32). The molecule has 1 aliphatic heterocycles. The van der Waals surface area contributed by atoms with Crippen LogP contribution in [0.3, 0.4) is 0 Å². The number of carbonyl (C=O) groups excluding carboxylic acids is 2. The van der Waals surface area contributed by atoms with E-state index in [-0.39, 0.29) is 30.5 Å². The predicted molar refractivity (Wildman–Crippen MR) is 125 cm³/mol. The highest BCUT2D eigenvalue weighted by Gasteiger charge is 2.22. The lowest BCUT2D eigenvalue weighted by molar-refractivity contribution is -0.117. The first kappa shape index (κ1) is 23.0. The van der Waals surface area contributed by atoms with Crippen molar-refractivity contribution in [1.82, 2.24) is 10.2 Å². The van der Waals surface area contributed by atoms with Crippen molar-refractivity contribution in [2.75, 3.05) is 42.9 Å². The minimum absolute atomic E-state index is 0.159. The highest BCUT2D eigenvalue weighted by Crippen LogP contribution is 2.22. The second-order valence-corrected chi connectivity index (χ2v) is 7.90. The number of rotatable bonds is 7. The molecule has 0 bridgehead atoms. The van der Waals surface area contributed by atoms with Gasteiger partial charge in [-0.2, -0.15) is 5.26 Å². The lowest BCUT2D eigenvalue weighted by Gasteiger charge is -2.35. The molecule has 2 aromatic carbocycles. The van der Waals surface area contributed by atoms with E-state index < -0.39 is 5.82 Å². The van der Waals surface area contributed by atoms with E-state index in [1.54, 1.807) is 48.5 Å². The number of nitrogens with zero attached hydrogens (tertiary/aromatic N) is 3. The quantitative estimate of drug-likeness (QED) is 0.561. The van der Waals surface area contributed by atoms with Gasteiger partial charge in [0.2, 0.25) is 5.91 Å².